The maximum Gasteiger partial charge on any atom is 0.554 e. The first-order valence-electron chi connectivity index (χ1n) is 6.19. The fraction of sp³-hybridized carbons (Fsp3) is 0.833. The van der Waals surface area contributed by atoms with E-state index in [2.05, 4.69) is 0 Å². The first-order valence-corrected chi connectivity index (χ1v) is 8.06. The number of carbonyl (C=O) groups excluding carboxylic acids is 1. The summed E-state index contributed by atoms with van der Waals surface area (Å²) in [5.41, 5.74) is 0. The lowest BCUT2D eigenvalue weighted by Crippen LogP contribution is -2.35. The van der Waals surface area contributed by atoms with Crippen molar-refractivity contribution in [2.75, 3.05) is 6.61 Å². The molecule has 0 aliphatic heterocycles. The molecule has 0 fully saturated rings. The molecule has 0 atom stereocenters. The summed E-state index contributed by atoms with van der Waals surface area (Å²) in [6.07, 6.45) is 0.263. The summed E-state index contributed by atoms with van der Waals surface area (Å²) in [5, 5.41) is 8.26. The van der Waals surface area contributed by atoms with Crippen molar-refractivity contribution in [2.24, 2.45) is 0 Å². The fourth-order valence-electron chi connectivity index (χ4n) is 1.07. The lowest BCUT2D eigenvalue weighted by atomic mass is 10.5. The molecule has 0 rings (SSSR count). The molecule has 106 valence electrons. The molecule has 0 aromatic carbocycles. The van der Waals surface area contributed by atoms with Gasteiger partial charge in [-0.25, -0.2) is 0 Å². The van der Waals surface area contributed by atoms with Crippen LogP contribution in [0, 0.1) is 0 Å². The molecule has 0 saturated carbocycles. The van der Waals surface area contributed by atoms with E-state index in [1.54, 1.807) is 0 Å². The van der Waals surface area contributed by atoms with Gasteiger partial charge in [-0.15, -0.1) is 0 Å². The zero-order chi connectivity index (χ0) is 14.7. The molecule has 0 aromatic heterocycles. The second-order valence-corrected chi connectivity index (χ2v) is 7.14. The Kier molecular flexibility index (Phi) is 12.9. The van der Waals surface area contributed by atoms with E-state index < -0.39 is 20.5 Å². The molecule has 0 radical (unpaired) electrons. The van der Waals surface area contributed by atoms with Crippen molar-refractivity contribution >= 4 is 25.1 Å². The number of hydrogen-bond donors (Lipinski definition) is 1. The Morgan fingerprint density at radius 2 is 1.61 bits per heavy atom. The summed E-state index contributed by atoms with van der Waals surface area (Å²) in [6.45, 7) is 11.1. The largest absolute Gasteiger partial charge is 0.554 e. The fourth-order valence-corrected chi connectivity index (χ4v) is 2.81. The molecule has 0 spiro atoms. The Labute approximate surface area is 114 Å². The summed E-state index contributed by atoms with van der Waals surface area (Å²) in [6, 6.07) is 0. The van der Waals surface area contributed by atoms with E-state index in [-0.39, 0.29) is 23.5 Å². The quantitative estimate of drug-likeness (QED) is 0.720. The number of aliphatic carboxylic acids is 1. The van der Waals surface area contributed by atoms with E-state index >= 15 is 0 Å². The van der Waals surface area contributed by atoms with E-state index in [0.29, 0.717) is 0 Å². The van der Waals surface area contributed by atoms with Crippen LogP contribution in [0.15, 0.2) is 0 Å². The van der Waals surface area contributed by atoms with Gasteiger partial charge in [0, 0.05) is 13.0 Å². The van der Waals surface area contributed by atoms with Crippen LogP contribution >= 0.6 is 0 Å². The van der Waals surface area contributed by atoms with Gasteiger partial charge >= 0.3 is 14.5 Å². The monoisotopic (exact) mass is 276 g/mol. The van der Waals surface area contributed by atoms with Crippen LogP contribution in [0.1, 0.15) is 41.5 Å². The highest BCUT2D eigenvalue weighted by Crippen LogP contribution is 2.02. The van der Waals surface area contributed by atoms with Crippen molar-refractivity contribution < 1.29 is 23.2 Å². The summed E-state index contributed by atoms with van der Waals surface area (Å²) in [5.74, 6) is -0.833. The normalized spacial score (nSPS) is 10.0. The van der Waals surface area contributed by atoms with Crippen LogP contribution in [0.4, 0.5) is 0 Å². The Hall–Kier alpha value is -0.408. The number of carboxylic acids is 1. The maximum atomic E-state index is 11.6. The second-order valence-electron chi connectivity index (χ2n) is 4.43. The van der Waals surface area contributed by atoms with Gasteiger partial charge < -0.3 is 18.4 Å². The average Bonchev–Trinajstić information content (AvgIpc) is 2.21. The predicted molar refractivity (Wildman–Crippen MR) is 71.9 cm³/mol. The van der Waals surface area contributed by atoms with Crippen LogP contribution in [0.5, 0.6) is 0 Å². The van der Waals surface area contributed by atoms with Crippen LogP contribution in [0.2, 0.25) is 5.28 Å². The highest BCUT2D eigenvalue weighted by molar-refractivity contribution is 6.85. The van der Waals surface area contributed by atoms with E-state index in [1.165, 1.54) is 0 Å². The number of rotatable bonds is 7. The van der Waals surface area contributed by atoms with Gasteiger partial charge in [0.2, 0.25) is 0 Å². The Morgan fingerprint density at radius 3 is 1.89 bits per heavy atom. The molecular weight excluding hydrogens is 251 g/mol. The zero-order valence-electron chi connectivity index (χ0n) is 12.2. The third-order valence-corrected chi connectivity index (χ3v) is 4.22. The molecule has 0 saturated heterocycles. The van der Waals surface area contributed by atoms with E-state index in [9.17, 15) is 4.79 Å². The van der Waals surface area contributed by atoms with Crippen LogP contribution in [0.25, 0.3) is 0 Å². The van der Waals surface area contributed by atoms with E-state index in [4.69, 9.17) is 18.4 Å². The van der Waals surface area contributed by atoms with Crippen LogP contribution in [-0.2, 0) is 18.1 Å². The molecule has 6 heteroatoms. The lowest BCUT2D eigenvalue weighted by molar-refractivity contribution is -0.134. The minimum absolute atomic E-state index is 0.115. The summed E-state index contributed by atoms with van der Waals surface area (Å²) in [7, 11) is 0. The van der Waals surface area contributed by atoms with E-state index in [1.807, 2.05) is 34.6 Å². The number of hydrogen-bond acceptors (Lipinski definition) is 4. The minimum Gasteiger partial charge on any atom is -0.494 e. The number of carbonyl (C=O) groups is 2. The molecule has 0 bridgehead atoms. The Morgan fingerprint density at radius 1 is 1.17 bits per heavy atom. The number of ether oxygens (including phenoxy) is 1. The molecule has 0 amide bonds. The Balaban J connectivity index is 0. The van der Waals surface area contributed by atoms with Crippen LogP contribution < -0.4 is 0 Å². The SMILES string of the molecule is CC(=O)O.C[CH2][Al]([O]C(C)C)[C](=O)COC(C)C. The molecular formula is C12H25AlO5. The first-order chi connectivity index (χ1) is 8.20. The van der Waals surface area contributed by atoms with Gasteiger partial charge in [0.25, 0.3) is 5.97 Å². The molecule has 0 heterocycles. The van der Waals surface area contributed by atoms with Crippen molar-refractivity contribution in [3.63, 3.8) is 0 Å². The van der Waals surface area contributed by atoms with Gasteiger partial charge in [-0.05, 0) is 27.7 Å². The van der Waals surface area contributed by atoms with Gasteiger partial charge in [0.05, 0.1) is 12.7 Å². The summed E-state index contributed by atoms with van der Waals surface area (Å²) >= 11 is -1.69. The van der Waals surface area contributed by atoms with Crippen molar-refractivity contribution in [1.29, 1.82) is 0 Å². The smallest absolute Gasteiger partial charge is 0.494 e. The summed E-state index contributed by atoms with van der Waals surface area (Å²) < 4.78 is 11.1. The third-order valence-electron chi connectivity index (χ3n) is 1.73. The van der Waals surface area contributed by atoms with Crippen molar-refractivity contribution in [3.8, 4) is 0 Å². The molecule has 1 N–H and O–H groups in total. The standard InChI is InChI=1S/C5H9O2.C3H7O.C2H4O2.C2H5.Al/c1-5(2)7-4-3-6;1-3(2)4;1-2(3)4;1-2;/h5H,4H2,1-2H3;3H,1-2H3;1H3,(H,3,4);1H2,2H3;/q;-1;;;+1. The minimum atomic E-state index is -1.69. The molecule has 0 unspecified atom stereocenters. The van der Waals surface area contributed by atoms with Gasteiger partial charge in [0.15, 0.2) is 0 Å². The maximum absolute atomic E-state index is 11.6. The molecule has 0 aliphatic carbocycles. The first kappa shape index (κ1) is 19.9. The van der Waals surface area contributed by atoms with Crippen molar-refractivity contribution in [1.82, 2.24) is 0 Å². The second kappa shape index (κ2) is 11.7. The van der Waals surface area contributed by atoms with Gasteiger partial charge in [0.1, 0.15) is 4.65 Å². The molecule has 18 heavy (non-hydrogen) atoms. The highest BCUT2D eigenvalue weighted by Gasteiger charge is 2.29. The van der Waals surface area contributed by atoms with Crippen LogP contribution in [0.3, 0.4) is 0 Å². The average molecular weight is 276 g/mol. The number of carboxylic acid groups (broad SMARTS) is 1. The van der Waals surface area contributed by atoms with Gasteiger partial charge in [-0.3, -0.25) is 4.79 Å². The van der Waals surface area contributed by atoms with E-state index in [0.717, 1.165) is 12.2 Å². The predicted octanol–water partition coefficient (Wildman–Crippen LogP) is 2.05. The lowest BCUT2D eigenvalue weighted by Gasteiger charge is -2.14. The van der Waals surface area contributed by atoms with Gasteiger partial charge in [-0.2, -0.15) is 0 Å². The van der Waals surface area contributed by atoms with Crippen molar-refractivity contribution in [2.45, 2.75) is 59.0 Å². The highest BCUT2D eigenvalue weighted by atomic mass is 27.2. The third kappa shape index (κ3) is 15.6. The van der Waals surface area contributed by atoms with Crippen molar-refractivity contribution in [3.05, 3.63) is 0 Å². The summed E-state index contributed by atoms with van der Waals surface area (Å²) in [4.78, 5) is 20.6. The Bertz CT molecular complexity index is 237. The molecule has 0 aromatic rings. The van der Waals surface area contributed by atoms with Crippen LogP contribution in [-0.4, -0.2) is 49.0 Å². The zero-order valence-corrected chi connectivity index (χ0v) is 13.4. The molecule has 0 aliphatic rings. The topological polar surface area (TPSA) is 72.8 Å². The van der Waals surface area contributed by atoms with Gasteiger partial charge in [-0.1, -0.05) is 12.2 Å². The molecule has 5 nitrogen and oxygen atoms in total.